The van der Waals surface area contributed by atoms with Gasteiger partial charge in [-0.1, -0.05) is 23.5 Å². The summed E-state index contributed by atoms with van der Waals surface area (Å²) < 4.78 is 55.8. The highest BCUT2D eigenvalue weighted by molar-refractivity contribution is 7.22. The fourth-order valence-corrected chi connectivity index (χ4v) is 4.31. The van der Waals surface area contributed by atoms with Crippen LogP contribution in [0.1, 0.15) is 16.8 Å². The molecule has 1 amide bonds. The lowest BCUT2D eigenvalue weighted by atomic mass is 10.1. The second-order valence-corrected chi connectivity index (χ2v) is 7.99. The summed E-state index contributed by atoms with van der Waals surface area (Å²) in [5.74, 6) is -1.20. The van der Waals surface area contributed by atoms with Crippen molar-refractivity contribution in [2.45, 2.75) is 12.8 Å². The molecule has 2 aromatic carbocycles. The number of fused-ring (bicyclic) bond motifs is 1. The zero-order valence-corrected chi connectivity index (χ0v) is 16.4. The minimum Gasteiger partial charge on any atom is -0.405 e. The number of benzene rings is 2. The molecule has 30 heavy (non-hydrogen) atoms. The minimum atomic E-state index is -4.87. The third kappa shape index (κ3) is 4.64. The zero-order valence-electron chi connectivity index (χ0n) is 15.6. The van der Waals surface area contributed by atoms with Crippen molar-refractivity contribution in [3.05, 3.63) is 53.8 Å². The van der Waals surface area contributed by atoms with Crippen LogP contribution in [-0.4, -0.2) is 41.8 Å². The van der Waals surface area contributed by atoms with Crippen LogP contribution < -0.4 is 10.1 Å². The van der Waals surface area contributed by atoms with Crippen LogP contribution in [0.15, 0.2) is 42.5 Å². The smallest absolute Gasteiger partial charge is 0.405 e. The molecule has 5 nitrogen and oxygen atoms in total. The Labute approximate surface area is 173 Å². The number of likely N-dealkylation sites (tertiary alicyclic amines) is 1. The summed E-state index contributed by atoms with van der Waals surface area (Å²) in [4.78, 5) is 18.7. The fourth-order valence-electron chi connectivity index (χ4n) is 3.42. The van der Waals surface area contributed by atoms with Gasteiger partial charge in [0.05, 0.1) is 15.8 Å². The topological polar surface area (TPSA) is 54.5 Å². The number of hydrogen-bond donors (Lipinski definition) is 1. The average Bonchev–Trinajstić information content (AvgIpc) is 3.31. The Morgan fingerprint density at radius 1 is 1.27 bits per heavy atom. The van der Waals surface area contributed by atoms with Gasteiger partial charge in [0, 0.05) is 19.6 Å². The van der Waals surface area contributed by atoms with Crippen LogP contribution in [0, 0.1) is 11.7 Å². The molecule has 3 aromatic rings. The molecule has 1 aliphatic rings. The van der Waals surface area contributed by atoms with Gasteiger partial charge in [0.25, 0.3) is 5.91 Å². The van der Waals surface area contributed by atoms with E-state index in [9.17, 15) is 22.4 Å². The number of carbonyl (C=O) groups is 1. The van der Waals surface area contributed by atoms with E-state index in [0.29, 0.717) is 36.7 Å². The van der Waals surface area contributed by atoms with Crippen LogP contribution in [0.2, 0.25) is 0 Å². The summed E-state index contributed by atoms with van der Waals surface area (Å²) in [6, 6.07) is 9.74. The van der Waals surface area contributed by atoms with Crippen molar-refractivity contribution in [3.8, 4) is 5.75 Å². The number of para-hydroxylation sites is 1. The van der Waals surface area contributed by atoms with Crippen LogP contribution in [0.3, 0.4) is 0 Å². The Balaban J connectivity index is 1.38. The number of carbonyl (C=O) groups excluding carboxylic acids is 1. The Hall–Kier alpha value is -2.88. The fraction of sp³-hybridized carbons (Fsp3) is 0.300. The first kappa shape index (κ1) is 20.4. The number of amides is 1. The van der Waals surface area contributed by atoms with Crippen molar-refractivity contribution in [2.75, 3.05) is 25.0 Å². The monoisotopic (exact) mass is 439 g/mol. The van der Waals surface area contributed by atoms with Gasteiger partial charge in [-0.25, -0.2) is 9.37 Å². The first-order chi connectivity index (χ1) is 14.3. The molecule has 1 aliphatic heterocycles. The summed E-state index contributed by atoms with van der Waals surface area (Å²) in [6.45, 7) is 1.40. The number of rotatable bonds is 5. The number of alkyl halides is 3. The molecule has 0 unspecified atom stereocenters. The molecule has 158 valence electrons. The number of anilines is 1. The van der Waals surface area contributed by atoms with E-state index in [2.05, 4.69) is 15.0 Å². The van der Waals surface area contributed by atoms with Crippen LogP contribution in [-0.2, 0) is 0 Å². The maximum Gasteiger partial charge on any atom is 0.573 e. The molecule has 1 saturated heterocycles. The van der Waals surface area contributed by atoms with Crippen molar-refractivity contribution in [2.24, 2.45) is 5.92 Å². The first-order valence-electron chi connectivity index (χ1n) is 9.22. The van der Waals surface area contributed by atoms with E-state index in [0.717, 1.165) is 10.8 Å². The standard InChI is InChI=1S/C20H17F4N3O2S/c21-13-5-6-15-17(9-13)30-19(26-15)25-10-12-7-8-27(11-12)18(28)14-3-1-2-4-16(14)29-20(22,23)24/h1-6,9,12H,7-8,10-11H2,(H,25,26)/t12-/m0/s1. The highest BCUT2D eigenvalue weighted by Gasteiger charge is 2.34. The molecule has 1 N–H and O–H groups in total. The molecule has 1 atom stereocenters. The molecule has 0 aliphatic carbocycles. The Morgan fingerprint density at radius 3 is 2.87 bits per heavy atom. The number of nitrogens with zero attached hydrogens (tertiary/aromatic N) is 2. The summed E-state index contributed by atoms with van der Waals surface area (Å²) in [5, 5.41) is 3.87. The molecule has 1 aromatic heterocycles. The van der Waals surface area contributed by atoms with Gasteiger partial charge in [0.1, 0.15) is 11.6 Å². The van der Waals surface area contributed by atoms with Gasteiger partial charge < -0.3 is 15.0 Å². The number of nitrogens with one attached hydrogen (secondary N) is 1. The normalized spacial score (nSPS) is 16.8. The van der Waals surface area contributed by atoms with Crippen LogP contribution in [0.25, 0.3) is 10.2 Å². The second kappa shape index (κ2) is 8.10. The molecule has 0 spiro atoms. The van der Waals surface area contributed by atoms with Crippen LogP contribution in [0.4, 0.5) is 22.7 Å². The zero-order chi connectivity index (χ0) is 21.3. The van der Waals surface area contributed by atoms with Crippen LogP contribution in [0.5, 0.6) is 5.75 Å². The lowest BCUT2D eigenvalue weighted by Gasteiger charge is -2.19. The van der Waals surface area contributed by atoms with E-state index < -0.39 is 18.0 Å². The second-order valence-electron chi connectivity index (χ2n) is 6.96. The highest BCUT2D eigenvalue weighted by Crippen LogP contribution is 2.30. The predicted molar refractivity (Wildman–Crippen MR) is 105 cm³/mol. The molecule has 0 bridgehead atoms. The van der Waals surface area contributed by atoms with Gasteiger partial charge >= 0.3 is 6.36 Å². The van der Waals surface area contributed by atoms with Crippen molar-refractivity contribution < 1.29 is 27.1 Å². The van der Waals surface area contributed by atoms with E-state index >= 15 is 0 Å². The van der Waals surface area contributed by atoms with Gasteiger partial charge in [0.15, 0.2) is 5.13 Å². The van der Waals surface area contributed by atoms with Crippen molar-refractivity contribution >= 4 is 32.6 Å². The molecule has 10 heteroatoms. The van der Waals surface area contributed by atoms with E-state index in [-0.39, 0.29) is 17.3 Å². The van der Waals surface area contributed by atoms with Crippen molar-refractivity contribution in [1.29, 1.82) is 0 Å². The quantitative estimate of drug-likeness (QED) is 0.574. The number of ether oxygens (including phenoxy) is 1. The highest BCUT2D eigenvalue weighted by atomic mass is 32.1. The molecule has 2 heterocycles. The lowest BCUT2D eigenvalue weighted by Crippen LogP contribution is -2.30. The third-order valence-corrected chi connectivity index (χ3v) is 5.78. The Kier molecular flexibility index (Phi) is 5.50. The predicted octanol–water partition coefficient (Wildman–Crippen LogP) is 4.91. The third-order valence-electron chi connectivity index (χ3n) is 4.81. The summed E-state index contributed by atoms with van der Waals surface area (Å²) >= 11 is 1.34. The first-order valence-corrected chi connectivity index (χ1v) is 10.0. The van der Waals surface area contributed by atoms with E-state index in [4.69, 9.17) is 0 Å². The molecular formula is C20H17F4N3O2S. The van der Waals surface area contributed by atoms with Gasteiger partial charge in [-0.15, -0.1) is 13.2 Å². The molecule has 1 fully saturated rings. The van der Waals surface area contributed by atoms with Crippen molar-refractivity contribution in [3.63, 3.8) is 0 Å². The largest absolute Gasteiger partial charge is 0.573 e. The maximum atomic E-state index is 13.3. The Bertz CT molecular complexity index is 1070. The summed E-state index contributed by atoms with van der Waals surface area (Å²) in [5.41, 5.74) is 0.588. The maximum absolute atomic E-state index is 13.3. The SMILES string of the molecule is O=C(c1ccccc1OC(F)(F)F)N1CC[C@@H](CNc2nc3ccc(F)cc3s2)C1. The molecule has 0 radical (unpaired) electrons. The summed E-state index contributed by atoms with van der Waals surface area (Å²) in [6.07, 6.45) is -4.16. The summed E-state index contributed by atoms with van der Waals surface area (Å²) in [7, 11) is 0. The van der Waals surface area contributed by atoms with Crippen LogP contribution >= 0.6 is 11.3 Å². The van der Waals surface area contributed by atoms with E-state index in [1.54, 1.807) is 6.07 Å². The van der Waals surface area contributed by atoms with Gasteiger partial charge in [-0.2, -0.15) is 0 Å². The lowest BCUT2D eigenvalue weighted by molar-refractivity contribution is -0.274. The van der Waals surface area contributed by atoms with Gasteiger partial charge in [0.2, 0.25) is 0 Å². The number of halogens is 4. The van der Waals surface area contributed by atoms with Gasteiger partial charge in [-0.05, 0) is 42.7 Å². The van der Waals surface area contributed by atoms with Gasteiger partial charge in [-0.3, -0.25) is 4.79 Å². The number of thiazole rings is 1. The van der Waals surface area contributed by atoms with E-state index in [1.165, 1.54) is 46.6 Å². The van der Waals surface area contributed by atoms with Crippen molar-refractivity contribution in [1.82, 2.24) is 9.88 Å². The minimum absolute atomic E-state index is 0.114. The van der Waals surface area contributed by atoms with E-state index in [1.807, 2.05) is 0 Å². The average molecular weight is 439 g/mol. The Morgan fingerprint density at radius 2 is 2.07 bits per heavy atom. The molecule has 0 saturated carbocycles. The number of hydrogen-bond acceptors (Lipinski definition) is 5. The molecular weight excluding hydrogens is 422 g/mol. The number of aromatic nitrogens is 1. The molecule has 4 rings (SSSR count).